The van der Waals surface area contributed by atoms with E-state index in [0.29, 0.717) is 12.1 Å². The summed E-state index contributed by atoms with van der Waals surface area (Å²) in [4.78, 5) is 26.5. The molecule has 94 valence electrons. The van der Waals surface area contributed by atoms with E-state index in [4.69, 9.17) is 0 Å². The molecule has 0 radical (unpaired) electrons. The maximum Gasteiger partial charge on any atom is 0.251 e. The normalized spacial score (nSPS) is 10.3. The van der Waals surface area contributed by atoms with Gasteiger partial charge in [-0.15, -0.1) is 11.3 Å². The van der Waals surface area contributed by atoms with E-state index in [0.717, 1.165) is 10.2 Å². The highest BCUT2D eigenvalue weighted by molar-refractivity contribution is 9.11. The molecule has 2 aromatic rings. The lowest BCUT2D eigenvalue weighted by atomic mass is 10.2. The lowest BCUT2D eigenvalue weighted by molar-refractivity contribution is 0.0954. The summed E-state index contributed by atoms with van der Waals surface area (Å²) in [5.41, 5.74) is 0.107. The van der Waals surface area contributed by atoms with Gasteiger partial charge in [-0.25, -0.2) is 0 Å². The summed E-state index contributed by atoms with van der Waals surface area (Å²) in [6.45, 7) is 0.554. The number of thiophene rings is 1. The van der Waals surface area contributed by atoms with Crippen LogP contribution in [0.2, 0.25) is 0 Å². The monoisotopic (exact) mass is 326 g/mol. The first-order valence-corrected chi connectivity index (χ1v) is 6.97. The van der Waals surface area contributed by atoms with Crippen LogP contribution in [0, 0.1) is 0 Å². The fraction of sp³-hybridized carbons (Fsp3) is 0.167. The molecule has 6 heteroatoms. The van der Waals surface area contributed by atoms with Gasteiger partial charge in [0.1, 0.15) is 0 Å². The molecule has 2 heterocycles. The van der Waals surface area contributed by atoms with E-state index in [1.807, 2.05) is 12.1 Å². The zero-order valence-electron chi connectivity index (χ0n) is 9.40. The largest absolute Gasteiger partial charge is 0.352 e. The number of carbonyl (C=O) groups is 1. The van der Waals surface area contributed by atoms with E-state index < -0.39 is 0 Å². The van der Waals surface area contributed by atoms with E-state index in [2.05, 4.69) is 26.2 Å². The molecule has 18 heavy (non-hydrogen) atoms. The lowest BCUT2D eigenvalue weighted by Gasteiger charge is -2.03. The molecule has 0 atom stereocenters. The third-order valence-electron chi connectivity index (χ3n) is 2.32. The maximum atomic E-state index is 11.7. The van der Waals surface area contributed by atoms with Gasteiger partial charge < -0.3 is 10.3 Å². The number of aromatic nitrogens is 1. The Balaban J connectivity index is 1.87. The van der Waals surface area contributed by atoms with Gasteiger partial charge in [0, 0.05) is 29.2 Å². The number of hydrogen-bond acceptors (Lipinski definition) is 3. The number of H-pyrrole nitrogens is 1. The third kappa shape index (κ3) is 3.54. The molecule has 0 aliphatic carbocycles. The van der Waals surface area contributed by atoms with Gasteiger partial charge in [-0.2, -0.15) is 0 Å². The predicted molar refractivity (Wildman–Crippen MR) is 75.1 cm³/mol. The molecule has 1 amide bonds. The van der Waals surface area contributed by atoms with Gasteiger partial charge in [0.2, 0.25) is 5.56 Å². The van der Waals surface area contributed by atoms with Gasteiger partial charge in [0.25, 0.3) is 5.91 Å². The molecule has 2 rings (SSSR count). The summed E-state index contributed by atoms with van der Waals surface area (Å²) < 4.78 is 1.08. The molecular formula is C12H11BrN2O2S. The van der Waals surface area contributed by atoms with Crippen LogP contribution in [0.15, 0.2) is 39.0 Å². The van der Waals surface area contributed by atoms with Crippen molar-refractivity contribution in [1.29, 1.82) is 0 Å². The van der Waals surface area contributed by atoms with Crippen molar-refractivity contribution in [2.45, 2.75) is 6.42 Å². The first-order valence-electron chi connectivity index (χ1n) is 5.36. The second-order valence-corrected chi connectivity index (χ2v) is 6.20. The molecule has 0 aliphatic heterocycles. The second-order valence-electron chi connectivity index (χ2n) is 3.65. The van der Waals surface area contributed by atoms with Crippen LogP contribution < -0.4 is 10.9 Å². The number of rotatable bonds is 4. The molecular weight excluding hydrogens is 316 g/mol. The van der Waals surface area contributed by atoms with Crippen LogP contribution in [0.3, 0.4) is 0 Å². The number of pyridine rings is 1. The Hall–Kier alpha value is -1.40. The Morgan fingerprint density at radius 2 is 2.22 bits per heavy atom. The maximum absolute atomic E-state index is 11.7. The smallest absolute Gasteiger partial charge is 0.251 e. The van der Waals surface area contributed by atoms with Crippen LogP contribution in [0.5, 0.6) is 0 Å². The molecule has 0 bridgehead atoms. The van der Waals surface area contributed by atoms with Crippen molar-refractivity contribution < 1.29 is 4.79 Å². The SMILES string of the molecule is O=C(NCCc1ccc(Br)s1)c1cc[nH]c(=O)c1. The van der Waals surface area contributed by atoms with Crippen molar-refractivity contribution in [3.63, 3.8) is 0 Å². The molecule has 0 fully saturated rings. The van der Waals surface area contributed by atoms with Gasteiger partial charge in [0.05, 0.1) is 3.79 Å². The first-order chi connectivity index (χ1) is 8.65. The first kappa shape index (κ1) is 13.0. The molecule has 2 aromatic heterocycles. The Morgan fingerprint density at radius 3 is 2.89 bits per heavy atom. The Morgan fingerprint density at radius 1 is 1.39 bits per heavy atom. The molecule has 0 unspecified atom stereocenters. The van der Waals surface area contributed by atoms with E-state index in [1.54, 1.807) is 17.4 Å². The number of hydrogen-bond donors (Lipinski definition) is 2. The number of halogens is 1. The number of aromatic amines is 1. The topological polar surface area (TPSA) is 62.0 Å². The average Bonchev–Trinajstić information content (AvgIpc) is 2.75. The van der Waals surface area contributed by atoms with E-state index in [9.17, 15) is 9.59 Å². The van der Waals surface area contributed by atoms with Gasteiger partial charge in [0.15, 0.2) is 0 Å². The highest BCUT2D eigenvalue weighted by atomic mass is 79.9. The van der Waals surface area contributed by atoms with Crippen molar-refractivity contribution in [3.05, 3.63) is 55.0 Å². The van der Waals surface area contributed by atoms with Crippen LogP contribution in [-0.4, -0.2) is 17.4 Å². The Kier molecular flexibility index (Phi) is 4.33. The fourth-order valence-electron chi connectivity index (χ4n) is 1.47. The predicted octanol–water partition coefficient (Wildman–Crippen LogP) is 2.17. The van der Waals surface area contributed by atoms with Crippen LogP contribution >= 0.6 is 27.3 Å². The van der Waals surface area contributed by atoms with Crippen molar-refractivity contribution in [2.24, 2.45) is 0 Å². The quantitative estimate of drug-likeness (QED) is 0.904. The Labute approximate surface area is 116 Å². The summed E-state index contributed by atoms with van der Waals surface area (Å²) in [5, 5.41) is 2.78. The number of amides is 1. The van der Waals surface area contributed by atoms with Crippen molar-refractivity contribution >= 4 is 33.2 Å². The summed E-state index contributed by atoms with van der Waals surface area (Å²) in [6.07, 6.45) is 2.25. The minimum absolute atomic E-state index is 0.225. The summed E-state index contributed by atoms with van der Waals surface area (Å²) in [6, 6.07) is 6.88. The van der Waals surface area contributed by atoms with Crippen molar-refractivity contribution in [3.8, 4) is 0 Å². The average molecular weight is 327 g/mol. The minimum atomic E-state index is -0.273. The molecule has 0 spiro atoms. The molecule has 0 aromatic carbocycles. The summed E-state index contributed by atoms with van der Waals surface area (Å²) in [7, 11) is 0. The van der Waals surface area contributed by atoms with Gasteiger partial charge >= 0.3 is 0 Å². The highest BCUT2D eigenvalue weighted by Gasteiger charge is 2.05. The van der Waals surface area contributed by atoms with Gasteiger partial charge in [-0.3, -0.25) is 9.59 Å². The van der Waals surface area contributed by atoms with Crippen LogP contribution in [0.1, 0.15) is 15.2 Å². The van der Waals surface area contributed by atoms with Crippen molar-refractivity contribution in [2.75, 3.05) is 6.54 Å². The van der Waals surface area contributed by atoms with Gasteiger partial charge in [-0.1, -0.05) is 0 Å². The van der Waals surface area contributed by atoms with Crippen molar-refractivity contribution in [1.82, 2.24) is 10.3 Å². The zero-order valence-corrected chi connectivity index (χ0v) is 11.8. The molecule has 4 nitrogen and oxygen atoms in total. The van der Waals surface area contributed by atoms with E-state index in [-0.39, 0.29) is 11.5 Å². The Bertz CT molecular complexity index is 606. The van der Waals surface area contributed by atoms with Crippen LogP contribution in [0.4, 0.5) is 0 Å². The summed E-state index contributed by atoms with van der Waals surface area (Å²) in [5.74, 6) is -0.225. The fourth-order valence-corrected chi connectivity index (χ4v) is 2.96. The molecule has 2 N–H and O–H groups in total. The molecule has 0 saturated heterocycles. The minimum Gasteiger partial charge on any atom is -0.352 e. The number of nitrogens with one attached hydrogen (secondary N) is 2. The summed E-state index contributed by atoms with van der Waals surface area (Å²) >= 11 is 5.04. The molecule has 0 aliphatic rings. The van der Waals surface area contributed by atoms with Gasteiger partial charge in [-0.05, 0) is 40.5 Å². The van der Waals surface area contributed by atoms with E-state index >= 15 is 0 Å². The standard InChI is InChI=1S/C12H11BrN2O2S/c13-10-2-1-9(18-10)4-6-15-12(17)8-3-5-14-11(16)7-8/h1-3,5,7H,4,6H2,(H,14,16)(H,15,17). The second kappa shape index (κ2) is 5.97. The lowest BCUT2D eigenvalue weighted by Crippen LogP contribution is -2.26. The third-order valence-corrected chi connectivity index (χ3v) is 4.01. The van der Waals surface area contributed by atoms with Crippen LogP contribution in [-0.2, 0) is 6.42 Å². The number of carbonyl (C=O) groups excluding carboxylic acids is 1. The van der Waals surface area contributed by atoms with Crippen LogP contribution in [0.25, 0.3) is 0 Å². The molecule has 0 saturated carbocycles. The highest BCUT2D eigenvalue weighted by Crippen LogP contribution is 2.21. The zero-order chi connectivity index (χ0) is 13.0. The van der Waals surface area contributed by atoms with E-state index in [1.165, 1.54) is 17.1 Å².